The van der Waals surface area contributed by atoms with E-state index in [4.69, 9.17) is 15.2 Å². The number of hydrogen-bond acceptors (Lipinski definition) is 4. The molecule has 0 aliphatic rings. The third-order valence-electron chi connectivity index (χ3n) is 3.29. The van der Waals surface area contributed by atoms with Crippen LogP contribution in [0.3, 0.4) is 0 Å². The van der Waals surface area contributed by atoms with Gasteiger partial charge in [-0.25, -0.2) is 0 Å². The van der Waals surface area contributed by atoms with Gasteiger partial charge in [0.25, 0.3) is 0 Å². The molecule has 122 valence electrons. The minimum atomic E-state index is -0.539. The number of carbonyl (C=O) groups excluding carboxylic acids is 1. The summed E-state index contributed by atoms with van der Waals surface area (Å²) in [6.45, 7) is 2.35. The molecule has 2 rings (SSSR count). The Morgan fingerprint density at radius 3 is 2.17 bits per heavy atom. The number of rotatable bonds is 7. The number of anilines is 1. The van der Waals surface area contributed by atoms with Crippen molar-refractivity contribution in [3.05, 3.63) is 54.1 Å². The van der Waals surface area contributed by atoms with Crippen LogP contribution in [0.25, 0.3) is 0 Å². The first-order valence-corrected chi connectivity index (χ1v) is 7.50. The number of hydrogen-bond donors (Lipinski definition) is 2. The van der Waals surface area contributed by atoms with Crippen LogP contribution < -0.4 is 15.8 Å². The van der Waals surface area contributed by atoms with Gasteiger partial charge in [-0.05, 0) is 55.3 Å². The van der Waals surface area contributed by atoms with Gasteiger partial charge in [0.15, 0.2) is 0 Å². The fourth-order valence-electron chi connectivity index (χ4n) is 1.94. The van der Waals surface area contributed by atoms with E-state index in [2.05, 4.69) is 5.32 Å². The minimum absolute atomic E-state index is 0.217. The Hall–Kier alpha value is -2.37. The molecule has 23 heavy (non-hydrogen) atoms. The van der Waals surface area contributed by atoms with Crippen LogP contribution in [-0.2, 0) is 16.0 Å². The summed E-state index contributed by atoms with van der Waals surface area (Å²) in [6, 6.07) is 14.5. The standard InChI is InChI=1S/C18H22N2O3/c1-13(19)18(21)20-15-5-9-17(10-6-15)23-16-7-3-14(4-8-16)11-12-22-2/h3-10,13H,11-12,19H2,1-2H3,(H,20,21)/t13-/m0/s1. The van der Waals surface area contributed by atoms with E-state index in [1.165, 1.54) is 5.56 Å². The number of ether oxygens (including phenoxy) is 2. The Bertz CT molecular complexity index is 622. The predicted molar refractivity (Wildman–Crippen MR) is 90.8 cm³/mol. The van der Waals surface area contributed by atoms with Gasteiger partial charge < -0.3 is 20.5 Å². The number of nitrogens with one attached hydrogen (secondary N) is 1. The van der Waals surface area contributed by atoms with Crippen LogP contribution in [0.5, 0.6) is 11.5 Å². The zero-order valence-electron chi connectivity index (χ0n) is 13.4. The second-order valence-corrected chi connectivity index (χ2v) is 5.29. The molecule has 0 radical (unpaired) electrons. The SMILES string of the molecule is COCCc1ccc(Oc2ccc(NC(=O)[C@H](C)N)cc2)cc1. The van der Waals surface area contributed by atoms with Gasteiger partial charge >= 0.3 is 0 Å². The van der Waals surface area contributed by atoms with Crippen LogP contribution in [0.15, 0.2) is 48.5 Å². The Morgan fingerprint density at radius 2 is 1.65 bits per heavy atom. The first-order valence-electron chi connectivity index (χ1n) is 7.50. The third kappa shape index (κ3) is 5.39. The maximum atomic E-state index is 11.5. The van der Waals surface area contributed by atoms with Gasteiger partial charge in [-0.15, -0.1) is 0 Å². The van der Waals surface area contributed by atoms with Gasteiger partial charge in [0, 0.05) is 12.8 Å². The summed E-state index contributed by atoms with van der Waals surface area (Å²) >= 11 is 0. The second kappa shape index (κ2) is 8.31. The zero-order valence-corrected chi connectivity index (χ0v) is 13.4. The van der Waals surface area contributed by atoms with Gasteiger partial charge in [0.2, 0.25) is 5.91 Å². The maximum Gasteiger partial charge on any atom is 0.240 e. The van der Waals surface area contributed by atoms with Crippen LogP contribution in [0, 0.1) is 0 Å². The van der Waals surface area contributed by atoms with Gasteiger partial charge in [-0.1, -0.05) is 12.1 Å². The van der Waals surface area contributed by atoms with Crippen LogP contribution in [0.2, 0.25) is 0 Å². The second-order valence-electron chi connectivity index (χ2n) is 5.29. The van der Waals surface area contributed by atoms with Crippen molar-refractivity contribution in [1.29, 1.82) is 0 Å². The molecule has 0 heterocycles. The van der Waals surface area contributed by atoms with Gasteiger partial charge in [-0.2, -0.15) is 0 Å². The molecule has 5 nitrogen and oxygen atoms in total. The van der Waals surface area contributed by atoms with E-state index in [-0.39, 0.29) is 5.91 Å². The summed E-state index contributed by atoms with van der Waals surface area (Å²) in [4.78, 5) is 11.5. The van der Waals surface area contributed by atoms with Crippen molar-refractivity contribution in [2.45, 2.75) is 19.4 Å². The van der Waals surface area contributed by atoms with Crippen molar-refractivity contribution in [1.82, 2.24) is 0 Å². The van der Waals surface area contributed by atoms with E-state index >= 15 is 0 Å². The Morgan fingerprint density at radius 1 is 1.09 bits per heavy atom. The highest BCUT2D eigenvalue weighted by molar-refractivity contribution is 5.94. The molecule has 0 saturated heterocycles. The molecule has 0 aliphatic heterocycles. The molecule has 5 heteroatoms. The molecule has 2 aromatic rings. The van der Waals surface area contributed by atoms with Crippen molar-refractivity contribution in [3.63, 3.8) is 0 Å². The van der Waals surface area contributed by atoms with Gasteiger partial charge in [0.1, 0.15) is 11.5 Å². The summed E-state index contributed by atoms with van der Waals surface area (Å²) in [7, 11) is 1.69. The lowest BCUT2D eigenvalue weighted by Crippen LogP contribution is -2.32. The maximum absolute atomic E-state index is 11.5. The molecular weight excluding hydrogens is 292 g/mol. The quantitative estimate of drug-likeness (QED) is 0.824. The van der Waals surface area contributed by atoms with Crippen molar-refractivity contribution in [2.24, 2.45) is 5.73 Å². The van der Waals surface area contributed by atoms with E-state index in [9.17, 15) is 4.79 Å². The summed E-state index contributed by atoms with van der Waals surface area (Å²) in [5.41, 5.74) is 7.41. The van der Waals surface area contributed by atoms with E-state index in [0.29, 0.717) is 18.0 Å². The predicted octanol–water partition coefficient (Wildman–Crippen LogP) is 2.95. The average Bonchev–Trinajstić information content (AvgIpc) is 2.56. The highest BCUT2D eigenvalue weighted by atomic mass is 16.5. The van der Waals surface area contributed by atoms with Gasteiger partial charge in [-0.3, -0.25) is 4.79 Å². The normalized spacial score (nSPS) is 11.8. The van der Waals surface area contributed by atoms with Crippen molar-refractivity contribution < 1.29 is 14.3 Å². The fraction of sp³-hybridized carbons (Fsp3) is 0.278. The monoisotopic (exact) mass is 314 g/mol. The molecule has 0 bridgehead atoms. The first kappa shape index (κ1) is 17.0. The average molecular weight is 314 g/mol. The van der Waals surface area contributed by atoms with E-state index in [1.54, 1.807) is 38.3 Å². The van der Waals surface area contributed by atoms with Crippen LogP contribution in [-0.4, -0.2) is 25.7 Å². The van der Waals surface area contributed by atoms with Crippen LogP contribution >= 0.6 is 0 Å². The number of nitrogens with two attached hydrogens (primary N) is 1. The smallest absolute Gasteiger partial charge is 0.240 e. The molecular formula is C18H22N2O3. The van der Waals surface area contributed by atoms with Crippen LogP contribution in [0.4, 0.5) is 5.69 Å². The van der Waals surface area contributed by atoms with Crippen LogP contribution in [0.1, 0.15) is 12.5 Å². The number of methoxy groups -OCH3 is 1. The molecule has 0 aliphatic carbocycles. The van der Waals surface area contributed by atoms with E-state index in [1.807, 2.05) is 24.3 Å². The first-order chi connectivity index (χ1) is 11.1. The molecule has 0 saturated carbocycles. The topological polar surface area (TPSA) is 73.6 Å². The molecule has 3 N–H and O–H groups in total. The zero-order chi connectivity index (χ0) is 16.7. The van der Waals surface area contributed by atoms with E-state index < -0.39 is 6.04 Å². The minimum Gasteiger partial charge on any atom is -0.457 e. The summed E-state index contributed by atoms with van der Waals surface area (Å²) in [5.74, 6) is 1.25. The molecule has 2 aromatic carbocycles. The Kier molecular flexibility index (Phi) is 6.14. The fourth-order valence-corrected chi connectivity index (χ4v) is 1.94. The van der Waals surface area contributed by atoms with E-state index in [0.717, 1.165) is 12.2 Å². The highest BCUT2D eigenvalue weighted by Crippen LogP contribution is 2.23. The summed E-state index contributed by atoms with van der Waals surface area (Å²) in [5, 5.41) is 2.73. The lowest BCUT2D eigenvalue weighted by molar-refractivity contribution is -0.117. The molecule has 0 unspecified atom stereocenters. The summed E-state index contributed by atoms with van der Waals surface area (Å²) < 4.78 is 10.8. The largest absolute Gasteiger partial charge is 0.457 e. The molecule has 1 amide bonds. The Labute approximate surface area is 136 Å². The van der Waals surface area contributed by atoms with Crippen molar-refractivity contribution >= 4 is 11.6 Å². The molecule has 0 spiro atoms. The van der Waals surface area contributed by atoms with Gasteiger partial charge in [0.05, 0.1) is 12.6 Å². The number of benzene rings is 2. The molecule has 1 atom stereocenters. The highest BCUT2D eigenvalue weighted by Gasteiger charge is 2.07. The third-order valence-corrected chi connectivity index (χ3v) is 3.29. The lowest BCUT2D eigenvalue weighted by Gasteiger charge is -2.10. The summed E-state index contributed by atoms with van der Waals surface area (Å²) in [6.07, 6.45) is 0.880. The lowest BCUT2D eigenvalue weighted by atomic mass is 10.1. The number of carbonyl (C=O) groups is 1. The molecule has 0 fully saturated rings. The Balaban J connectivity index is 1.94. The molecule has 0 aromatic heterocycles. The van der Waals surface area contributed by atoms with Crippen molar-refractivity contribution in [2.75, 3.05) is 19.0 Å². The van der Waals surface area contributed by atoms with Crippen molar-refractivity contribution in [3.8, 4) is 11.5 Å². The number of amides is 1.